The van der Waals surface area contributed by atoms with Crippen molar-refractivity contribution in [2.75, 3.05) is 6.54 Å². The Kier molecular flexibility index (Phi) is 3.53. The number of carbonyl (C=O) groups excluding carboxylic acids is 1. The van der Waals surface area contributed by atoms with Gasteiger partial charge in [0.2, 0.25) is 0 Å². The van der Waals surface area contributed by atoms with Gasteiger partial charge in [-0.25, -0.2) is 0 Å². The van der Waals surface area contributed by atoms with Crippen LogP contribution >= 0.6 is 11.6 Å². The number of carbonyl (C=O) groups is 1. The zero-order chi connectivity index (χ0) is 15.9. The van der Waals surface area contributed by atoms with E-state index in [2.05, 4.69) is 10.2 Å². The van der Waals surface area contributed by atoms with Gasteiger partial charge in [-0.05, 0) is 13.0 Å². The summed E-state index contributed by atoms with van der Waals surface area (Å²) in [5.74, 6) is 0.333. The van der Waals surface area contributed by atoms with Crippen molar-refractivity contribution in [2.45, 2.75) is 20.0 Å². The number of hydrogen-bond donors (Lipinski definition) is 0. The van der Waals surface area contributed by atoms with Crippen LogP contribution < -0.4 is 0 Å². The van der Waals surface area contributed by atoms with E-state index in [4.69, 9.17) is 11.6 Å². The minimum Gasteiger partial charge on any atom is -0.329 e. The first-order valence-electron chi connectivity index (χ1n) is 6.58. The van der Waals surface area contributed by atoms with Crippen LogP contribution in [0.3, 0.4) is 0 Å². The van der Waals surface area contributed by atoms with Crippen LogP contribution in [0.25, 0.3) is 0 Å². The van der Waals surface area contributed by atoms with Crippen LogP contribution in [0.4, 0.5) is 5.69 Å². The third kappa shape index (κ3) is 2.41. The molecule has 1 aliphatic rings. The number of halogens is 1. The fourth-order valence-corrected chi connectivity index (χ4v) is 2.73. The maximum Gasteiger partial charge on any atom is 0.273 e. The normalized spacial score (nSPS) is 13.8. The van der Waals surface area contributed by atoms with Gasteiger partial charge < -0.3 is 9.47 Å². The van der Waals surface area contributed by atoms with E-state index in [0.717, 1.165) is 0 Å². The molecule has 2 aromatic rings. The summed E-state index contributed by atoms with van der Waals surface area (Å²) in [5.41, 5.74) is 0.435. The predicted molar refractivity (Wildman–Crippen MR) is 77.6 cm³/mol. The van der Waals surface area contributed by atoms with Crippen LogP contribution in [0.5, 0.6) is 0 Å². The van der Waals surface area contributed by atoms with Gasteiger partial charge in [0.1, 0.15) is 6.33 Å². The van der Waals surface area contributed by atoms with Gasteiger partial charge in [-0.1, -0.05) is 11.6 Å². The quantitative estimate of drug-likeness (QED) is 0.621. The molecule has 0 unspecified atom stereocenters. The van der Waals surface area contributed by atoms with E-state index in [-0.39, 0.29) is 22.2 Å². The topological polar surface area (TPSA) is 94.2 Å². The molecular formula is C13H12ClN5O3. The number of nitro benzene ring substituents is 1. The van der Waals surface area contributed by atoms with Gasteiger partial charge in [0, 0.05) is 24.7 Å². The maximum atomic E-state index is 12.6. The average molecular weight is 322 g/mol. The molecule has 0 aliphatic carbocycles. The highest BCUT2D eigenvalue weighted by Crippen LogP contribution is 2.28. The lowest BCUT2D eigenvalue weighted by atomic mass is 10.1. The van der Waals surface area contributed by atoms with Gasteiger partial charge >= 0.3 is 0 Å². The molecular weight excluding hydrogens is 310 g/mol. The Morgan fingerprint density at radius 1 is 1.41 bits per heavy atom. The standard InChI is InChI=1S/C13H12ClN5O3/c1-8-4-10(14)9(5-11(8)19(21)22)13(20)17-2-3-18-7-15-16-12(18)6-17/h4-5,7H,2-3,6H2,1H3. The second-order valence-corrected chi connectivity index (χ2v) is 5.45. The van der Waals surface area contributed by atoms with E-state index in [1.165, 1.54) is 12.1 Å². The molecule has 1 aromatic heterocycles. The van der Waals surface area contributed by atoms with Crippen molar-refractivity contribution in [3.8, 4) is 0 Å². The van der Waals surface area contributed by atoms with E-state index >= 15 is 0 Å². The minimum atomic E-state index is -0.519. The first-order valence-corrected chi connectivity index (χ1v) is 6.95. The zero-order valence-electron chi connectivity index (χ0n) is 11.7. The number of amides is 1. The van der Waals surface area contributed by atoms with Crippen LogP contribution in [-0.2, 0) is 13.1 Å². The zero-order valence-corrected chi connectivity index (χ0v) is 12.4. The summed E-state index contributed by atoms with van der Waals surface area (Å²) >= 11 is 6.10. The highest BCUT2D eigenvalue weighted by molar-refractivity contribution is 6.34. The second-order valence-electron chi connectivity index (χ2n) is 5.04. The molecule has 22 heavy (non-hydrogen) atoms. The molecule has 0 spiro atoms. The van der Waals surface area contributed by atoms with Gasteiger partial charge in [-0.2, -0.15) is 0 Å². The van der Waals surface area contributed by atoms with Crippen LogP contribution in [0.1, 0.15) is 21.7 Å². The number of nitro groups is 1. The SMILES string of the molecule is Cc1cc(Cl)c(C(=O)N2CCn3cnnc3C2)cc1[N+](=O)[O-]. The molecule has 1 aromatic carbocycles. The highest BCUT2D eigenvalue weighted by atomic mass is 35.5. The Morgan fingerprint density at radius 3 is 2.91 bits per heavy atom. The summed E-state index contributed by atoms with van der Waals surface area (Å²) in [4.78, 5) is 24.7. The average Bonchev–Trinajstić information content (AvgIpc) is 2.93. The number of nitrogens with zero attached hydrogens (tertiary/aromatic N) is 5. The first kappa shape index (κ1) is 14.5. The molecule has 1 aliphatic heterocycles. The Balaban J connectivity index is 1.93. The Morgan fingerprint density at radius 2 is 2.18 bits per heavy atom. The third-order valence-corrected chi connectivity index (χ3v) is 3.95. The molecule has 9 heteroatoms. The molecule has 3 rings (SSSR count). The number of rotatable bonds is 2. The molecule has 8 nitrogen and oxygen atoms in total. The van der Waals surface area contributed by atoms with Crippen LogP contribution in [0.2, 0.25) is 5.02 Å². The molecule has 114 valence electrons. The fourth-order valence-electron chi connectivity index (χ4n) is 2.43. The van der Waals surface area contributed by atoms with Crippen molar-refractivity contribution < 1.29 is 9.72 Å². The minimum absolute atomic E-state index is 0.118. The van der Waals surface area contributed by atoms with Crippen LogP contribution in [0, 0.1) is 17.0 Å². The Labute approximate surface area is 130 Å². The molecule has 0 bridgehead atoms. The third-order valence-electron chi connectivity index (χ3n) is 3.64. The van der Waals surface area contributed by atoms with E-state index in [9.17, 15) is 14.9 Å². The number of fused-ring (bicyclic) bond motifs is 1. The molecule has 2 heterocycles. The van der Waals surface area contributed by atoms with E-state index in [1.807, 2.05) is 4.57 Å². The lowest BCUT2D eigenvalue weighted by molar-refractivity contribution is -0.385. The summed E-state index contributed by atoms with van der Waals surface area (Å²) in [5, 5.41) is 19.0. The molecule has 0 saturated heterocycles. The molecule has 0 N–H and O–H groups in total. The Bertz CT molecular complexity index is 773. The van der Waals surface area contributed by atoms with Crippen molar-refractivity contribution in [1.29, 1.82) is 0 Å². The van der Waals surface area contributed by atoms with Crippen LogP contribution in [0.15, 0.2) is 18.5 Å². The maximum absolute atomic E-state index is 12.6. The summed E-state index contributed by atoms with van der Waals surface area (Å²) in [6, 6.07) is 2.68. The molecule has 0 radical (unpaired) electrons. The summed E-state index contributed by atoms with van der Waals surface area (Å²) in [7, 11) is 0. The van der Waals surface area contributed by atoms with Gasteiger partial charge in [0.15, 0.2) is 5.82 Å². The van der Waals surface area contributed by atoms with Gasteiger partial charge in [0.25, 0.3) is 11.6 Å². The van der Waals surface area contributed by atoms with Crippen LogP contribution in [-0.4, -0.2) is 37.0 Å². The van der Waals surface area contributed by atoms with E-state index in [1.54, 1.807) is 18.2 Å². The number of aryl methyl sites for hydroxylation is 1. The smallest absolute Gasteiger partial charge is 0.273 e. The van der Waals surface area contributed by atoms with E-state index in [0.29, 0.717) is 31.0 Å². The van der Waals surface area contributed by atoms with Crippen molar-refractivity contribution >= 4 is 23.2 Å². The second kappa shape index (κ2) is 5.38. The molecule has 0 fully saturated rings. The van der Waals surface area contributed by atoms with E-state index < -0.39 is 4.92 Å². The largest absolute Gasteiger partial charge is 0.329 e. The lowest BCUT2D eigenvalue weighted by Crippen LogP contribution is -2.38. The fraction of sp³-hybridized carbons (Fsp3) is 0.308. The first-order chi connectivity index (χ1) is 10.5. The molecule has 1 amide bonds. The predicted octanol–water partition coefficient (Wildman–Crippen LogP) is 1.80. The van der Waals surface area contributed by atoms with Gasteiger partial charge in [0.05, 0.1) is 22.1 Å². The number of aromatic nitrogens is 3. The van der Waals surface area contributed by atoms with Crippen molar-refractivity contribution in [3.05, 3.63) is 50.5 Å². The monoisotopic (exact) mass is 321 g/mol. The van der Waals surface area contributed by atoms with Crippen molar-refractivity contribution in [3.63, 3.8) is 0 Å². The Hall–Kier alpha value is -2.48. The number of hydrogen-bond acceptors (Lipinski definition) is 5. The van der Waals surface area contributed by atoms with Gasteiger partial charge in [-0.15, -0.1) is 10.2 Å². The summed E-state index contributed by atoms with van der Waals surface area (Å²) < 4.78 is 1.86. The summed E-state index contributed by atoms with van der Waals surface area (Å²) in [6.07, 6.45) is 1.61. The highest BCUT2D eigenvalue weighted by Gasteiger charge is 2.26. The summed E-state index contributed by atoms with van der Waals surface area (Å²) in [6.45, 7) is 2.94. The molecule has 0 saturated carbocycles. The lowest BCUT2D eigenvalue weighted by Gasteiger charge is -2.27. The molecule has 0 atom stereocenters. The van der Waals surface area contributed by atoms with Crippen molar-refractivity contribution in [1.82, 2.24) is 19.7 Å². The van der Waals surface area contributed by atoms with Gasteiger partial charge in [-0.3, -0.25) is 14.9 Å². The number of benzene rings is 1. The van der Waals surface area contributed by atoms with Crippen molar-refractivity contribution in [2.24, 2.45) is 0 Å².